The van der Waals surface area contributed by atoms with Crippen LogP contribution in [0.5, 0.6) is 11.5 Å². The number of non-ortho nitro benzene ring substituents is 1. The Kier molecular flexibility index (Phi) is 7.96. The summed E-state index contributed by atoms with van der Waals surface area (Å²) < 4.78 is 11.4. The van der Waals surface area contributed by atoms with Crippen molar-refractivity contribution < 1.29 is 19.2 Å². The molecule has 0 saturated heterocycles. The molecule has 0 saturated carbocycles. The Hall–Kier alpha value is -3.68. The third kappa shape index (κ3) is 5.72. The SMILES string of the molecule is CCCCCOc1c(OC)ccc2cc(C(=O)NCCc3ccc([N+](=O)[O-])cc3)cnc12. The van der Waals surface area contributed by atoms with Crippen molar-refractivity contribution in [3.63, 3.8) is 0 Å². The lowest BCUT2D eigenvalue weighted by molar-refractivity contribution is -0.384. The second-order valence-electron chi connectivity index (χ2n) is 7.38. The van der Waals surface area contributed by atoms with Gasteiger partial charge < -0.3 is 14.8 Å². The topological polar surface area (TPSA) is 104 Å². The van der Waals surface area contributed by atoms with E-state index in [1.165, 1.54) is 18.3 Å². The quantitative estimate of drug-likeness (QED) is 0.265. The molecule has 1 amide bonds. The molecule has 1 heterocycles. The monoisotopic (exact) mass is 437 g/mol. The normalized spacial score (nSPS) is 10.7. The predicted octanol–water partition coefficient (Wildman–Crippen LogP) is 4.69. The minimum absolute atomic E-state index is 0.0466. The third-order valence-electron chi connectivity index (χ3n) is 5.09. The molecule has 1 N–H and O–H groups in total. The van der Waals surface area contributed by atoms with E-state index in [0.29, 0.717) is 42.2 Å². The number of benzene rings is 2. The number of rotatable bonds is 11. The summed E-state index contributed by atoms with van der Waals surface area (Å²) in [5, 5.41) is 14.4. The summed E-state index contributed by atoms with van der Waals surface area (Å²) in [6.45, 7) is 3.12. The Labute approximate surface area is 186 Å². The average molecular weight is 437 g/mol. The first-order valence-corrected chi connectivity index (χ1v) is 10.6. The van der Waals surface area contributed by atoms with Crippen molar-refractivity contribution in [2.45, 2.75) is 32.6 Å². The fourth-order valence-corrected chi connectivity index (χ4v) is 3.31. The zero-order valence-corrected chi connectivity index (χ0v) is 18.3. The second kappa shape index (κ2) is 11.1. The lowest BCUT2D eigenvalue weighted by Crippen LogP contribution is -2.25. The minimum atomic E-state index is -0.435. The number of ether oxygens (including phenoxy) is 2. The van der Waals surface area contributed by atoms with Crippen molar-refractivity contribution in [3.05, 3.63) is 69.9 Å². The van der Waals surface area contributed by atoms with Crippen LogP contribution in [0, 0.1) is 10.1 Å². The third-order valence-corrected chi connectivity index (χ3v) is 5.09. The fraction of sp³-hybridized carbons (Fsp3) is 0.333. The standard InChI is InChI=1S/C24H27N3O5/c1-3-4-5-14-32-23-21(31-2)11-8-18-15-19(16-26-22(18)23)24(28)25-13-12-17-6-9-20(10-7-17)27(29)30/h6-11,15-16H,3-5,12-14H2,1-2H3,(H,25,28). The number of nitrogens with zero attached hydrogens (tertiary/aromatic N) is 2. The van der Waals surface area contributed by atoms with Crippen molar-refractivity contribution >= 4 is 22.5 Å². The number of nitro groups is 1. The lowest BCUT2D eigenvalue weighted by Gasteiger charge is -2.13. The van der Waals surface area contributed by atoms with E-state index < -0.39 is 4.92 Å². The minimum Gasteiger partial charge on any atom is -0.493 e. The highest BCUT2D eigenvalue weighted by molar-refractivity contribution is 5.98. The van der Waals surface area contributed by atoms with E-state index in [1.54, 1.807) is 25.3 Å². The number of fused-ring (bicyclic) bond motifs is 1. The number of hydrogen-bond donors (Lipinski definition) is 1. The van der Waals surface area contributed by atoms with Gasteiger partial charge in [0.1, 0.15) is 5.52 Å². The highest BCUT2D eigenvalue weighted by atomic mass is 16.6. The molecular formula is C24H27N3O5. The molecule has 0 spiro atoms. The van der Waals surface area contributed by atoms with E-state index in [9.17, 15) is 14.9 Å². The molecule has 3 rings (SSSR count). The summed E-state index contributed by atoms with van der Waals surface area (Å²) in [5.41, 5.74) is 2.06. The van der Waals surface area contributed by atoms with Gasteiger partial charge in [-0.1, -0.05) is 31.9 Å². The molecule has 0 fully saturated rings. The van der Waals surface area contributed by atoms with E-state index in [1.807, 2.05) is 12.1 Å². The van der Waals surface area contributed by atoms with E-state index in [-0.39, 0.29) is 11.6 Å². The summed E-state index contributed by atoms with van der Waals surface area (Å²) in [4.78, 5) is 27.3. The highest BCUT2D eigenvalue weighted by Crippen LogP contribution is 2.34. The van der Waals surface area contributed by atoms with E-state index in [0.717, 1.165) is 30.2 Å². The number of amides is 1. The predicted molar refractivity (Wildman–Crippen MR) is 122 cm³/mol. The number of nitro benzene ring substituents is 1. The van der Waals surface area contributed by atoms with Crippen LogP contribution in [0.1, 0.15) is 42.1 Å². The summed E-state index contributed by atoms with van der Waals surface area (Å²) in [5.74, 6) is 0.968. The van der Waals surface area contributed by atoms with E-state index in [2.05, 4.69) is 17.2 Å². The Bertz CT molecular complexity index is 1080. The Morgan fingerprint density at radius 1 is 1.16 bits per heavy atom. The molecule has 2 aromatic carbocycles. The molecule has 8 heteroatoms. The van der Waals surface area contributed by atoms with Gasteiger partial charge in [-0.25, -0.2) is 0 Å². The van der Waals surface area contributed by atoms with Gasteiger partial charge in [-0.2, -0.15) is 0 Å². The number of nitrogens with one attached hydrogen (secondary N) is 1. The van der Waals surface area contributed by atoms with Crippen molar-refractivity contribution in [1.29, 1.82) is 0 Å². The van der Waals surface area contributed by atoms with Gasteiger partial charge in [-0.15, -0.1) is 0 Å². The van der Waals surface area contributed by atoms with E-state index >= 15 is 0 Å². The Morgan fingerprint density at radius 3 is 2.62 bits per heavy atom. The first-order chi connectivity index (χ1) is 15.5. The van der Waals surface area contributed by atoms with Crippen LogP contribution < -0.4 is 14.8 Å². The Morgan fingerprint density at radius 2 is 1.94 bits per heavy atom. The van der Waals surface area contributed by atoms with Gasteiger partial charge >= 0.3 is 0 Å². The molecule has 1 aromatic heterocycles. The zero-order valence-electron chi connectivity index (χ0n) is 18.3. The van der Waals surface area contributed by atoms with Gasteiger partial charge in [0.2, 0.25) is 0 Å². The second-order valence-corrected chi connectivity index (χ2v) is 7.38. The van der Waals surface area contributed by atoms with E-state index in [4.69, 9.17) is 9.47 Å². The van der Waals surface area contributed by atoms with Crippen LogP contribution in [-0.2, 0) is 6.42 Å². The average Bonchev–Trinajstić information content (AvgIpc) is 2.81. The van der Waals surface area contributed by atoms with Gasteiger partial charge in [0, 0.05) is 30.3 Å². The van der Waals surface area contributed by atoms with Crippen LogP contribution in [0.25, 0.3) is 10.9 Å². The molecule has 0 aliphatic carbocycles. The van der Waals surface area contributed by atoms with Gasteiger partial charge in [-0.3, -0.25) is 19.9 Å². The maximum Gasteiger partial charge on any atom is 0.269 e. The summed E-state index contributed by atoms with van der Waals surface area (Å²) >= 11 is 0. The molecule has 0 radical (unpaired) electrons. The van der Waals surface area contributed by atoms with Crippen LogP contribution >= 0.6 is 0 Å². The van der Waals surface area contributed by atoms with Gasteiger partial charge in [0.25, 0.3) is 11.6 Å². The van der Waals surface area contributed by atoms with Crippen LogP contribution in [-0.4, -0.2) is 36.1 Å². The molecular weight excluding hydrogens is 410 g/mol. The first kappa shape index (κ1) is 23.0. The van der Waals surface area contributed by atoms with Crippen molar-refractivity contribution in [1.82, 2.24) is 10.3 Å². The maximum absolute atomic E-state index is 12.6. The molecule has 168 valence electrons. The van der Waals surface area contributed by atoms with Crippen molar-refractivity contribution in [3.8, 4) is 11.5 Å². The largest absolute Gasteiger partial charge is 0.493 e. The molecule has 0 aliphatic heterocycles. The molecule has 0 aliphatic rings. The smallest absolute Gasteiger partial charge is 0.269 e. The van der Waals surface area contributed by atoms with Crippen LogP contribution in [0.3, 0.4) is 0 Å². The number of carbonyl (C=O) groups excluding carboxylic acids is 1. The van der Waals surface area contributed by atoms with Crippen molar-refractivity contribution in [2.24, 2.45) is 0 Å². The van der Waals surface area contributed by atoms with Gasteiger partial charge in [0.05, 0.1) is 24.2 Å². The Balaban J connectivity index is 1.66. The number of pyridine rings is 1. The summed E-state index contributed by atoms with van der Waals surface area (Å²) in [6, 6.07) is 11.8. The number of hydrogen-bond acceptors (Lipinski definition) is 6. The number of aromatic nitrogens is 1. The number of unbranched alkanes of at least 4 members (excludes halogenated alkanes) is 2. The molecule has 0 bridgehead atoms. The van der Waals surface area contributed by atoms with Crippen LogP contribution in [0.15, 0.2) is 48.7 Å². The number of methoxy groups -OCH3 is 1. The zero-order chi connectivity index (χ0) is 22.9. The van der Waals surface area contributed by atoms with Gasteiger partial charge in [0.15, 0.2) is 11.5 Å². The number of carbonyl (C=O) groups is 1. The fourth-order valence-electron chi connectivity index (χ4n) is 3.31. The molecule has 0 atom stereocenters. The summed E-state index contributed by atoms with van der Waals surface area (Å²) in [7, 11) is 1.59. The van der Waals surface area contributed by atoms with Crippen LogP contribution in [0.4, 0.5) is 5.69 Å². The molecule has 0 unspecified atom stereocenters. The van der Waals surface area contributed by atoms with Crippen molar-refractivity contribution in [2.75, 3.05) is 20.3 Å². The first-order valence-electron chi connectivity index (χ1n) is 10.6. The van der Waals surface area contributed by atoms with Gasteiger partial charge in [-0.05, 0) is 36.6 Å². The maximum atomic E-state index is 12.6. The van der Waals surface area contributed by atoms with Crippen LogP contribution in [0.2, 0.25) is 0 Å². The molecule has 32 heavy (non-hydrogen) atoms. The lowest BCUT2D eigenvalue weighted by atomic mass is 10.1. The highest BCUT2D eigenvalue weighted by Gasteiger charge is 2.14. The summed E-state index contributed by atoms with van der Waals surface area (Å²) in [6.07, 6.45) is 5.24. The molecule has 8 nitrogen and oxygen atoms in total. The molecule has 3 aromatic rings.